The molecular weight excluding hydrogens is 461 g/mol. The Labute approximate surface area is 199 Å². The Balaban J connectivity index is 1.58. The third-order valence-corrected chi connectivity index (χ3v) is 5.94. The summed E-state index contributed by atoms with van der Waals surface area (Å²) in [5, 5.41) is 0. The number of hydrogen-bond acceptors (Lipinski definition) is 6. The molecule has 1 aliphatic rings. The van der Waals surface area contributed by atoms with E-state index < -0.39 is 11.8 Å². The predicted molar refractivity (Wildman–Crippen MR) is 131 cm³/mol. The average Bonchev–Trinajstić information content (AvgIpc) is 3.08. The molecular formula is C25H18FNO4S2. The van der Waals surface area contributed by atoms with Crippen LogP contribution in [0.4, 0.5) is 10.1 Å². The number of para-hydroxylation sites is 1. The van der Waals surface area contributed by atoms with Gasteiger partial charge < -0.3 is 9.47 Å². The van der Waals surface area contributed by atoms with Crippen LogP contribution in [-0.2, 0) is 4.79 Å². The molecule has 0 saturated carbocycles. The Morgan fingerprint density at radius 1 is 1.06 bits per heavy atom. The first-order valence-corrected chi connectivity index (χ1v) is 11.3. The molecule has 0 bridgehead atoms. The van der Waals surface area contributed by atoms with Gasteiger partial charge in [-0.2, -0.15) is 0 Å². The van der Waals surface area contributed by atoms with Gasteiger partial charge in [0.1, 0.15) is 5.82 Å². The Morgan fingerprint density at radius 3 is 2.58 bits per heavy atom. The molecule has 1 saturated heterocycles. The van der Waals surface area contributed by atoms with Crippen molar-refractivity contribution >= 4 is 51.9 Å². The van der Waals surface area contributed by atoms with E-state index in [1.807, 2.05) is 30.3 Å². The molecule has 1 aliphatic heterocycles. The molecule has 1 heterocycles. The predicted octanol–water partition coefficient (Wildman–Crippen LogP) is 5.85. The molecule has 3 aromatic rings. The maximum Gasteiger partial charge on any atom is 0.343 e. The maximum atomic E-state index is 13.4. The van der Waals surface area contributed by atoms with Gasteiger partial charge >= 0.3 is 5.97 Å². The number of carbonyl (C=O) groups excluding carboxylic acids is 2. The lowest BCUT2D eigenvalue weighted by molar-refractivity contribution is -0.113. The summed E-state index contributed by atoms with van der Waals surface area (Å²) in [6, 6.07) is 19.4. The summed E-state index contributed by atoms with van der Waals surface area (Å²) in [6.45, 7) is 2.14. The number of thiocarbonyl (C=S) groups is 1. The van der Waals surface area contributed by atoms with Crippen molar-refractivity contribution in [2.45, 2.75) is 6.92 Å². The molecule has 166 valence electrons. The molecule has 0 atom stereocenters. The summed E-state index contributed by atoms with van der Waals surface area (Å²) >= 11 is 6.61. The highest BCUT2D eigenvalue weighted by molar-refractivity contribution is 8.27. The zero-order valence-electron chi connectivity index (χ0n) is 17.5. The van der Waals surface area contributed by atoms with E-state index in [9.17, 15) is 14.0 Å². The Kier molecular flexibility index (Phi) is 6.86. The van der Waals surface area contributed by atoms with Gasteiger partial charge in [0.05, 0.1) is 22.8 Å². The lowest BCUT2D eigenvalue weighted by atomic mass is 10.1. The first-order chi connectivity index (χ1) is 16.0. The van der Waals surface area contributed by atoms with Gasteiger partial charge in [-0.15, -0.1) is 0 Å². The average molecular weight is 480 g/mol. The van der Waals surface area contributed by atoms with E-state index in [0.29, 0.717) is 32.8 Å². The van der Waals surface area contributed by atoms with Crippen LogP contribution in [0.15, 0.2) is 77.7 Å². The standard InChI is InChI=1S/C25H18FNO4S2/c1-2-30-21-13-16(11-12-20(21)31-24(29)17-7-6-8-18(26)15-17)14-22-23(28)27(25(32)33-22)19-9-4-3-5-10-19/h3-15H,2H2,1H3. The minimum atomic E-state index is -0.702. The minimum absolute atomic E-state index is 0.0890. The summed E-state index contributed by atoms with van der Waals surface area (Å²) in [4.78, 5) is 27.3. The van der Waals surface area contributed by atoms with E-state index in [-0.39, 0.29) is 17.2 Å². The number of benzene rings is 3. The summed E-state index contributed by atoms with van der Waals surface area (Å²) in [5.41, 5.74) is 1.47. The zero-order chi connectivity index (χ0) is 23.4. The Bertz CT molecular complexity index is 1260. The number of anilines is 1. The second-order valence-corrected chi connectivity index (χ2v) is 8.57. The fraction of sp³-hybridized carbons (Fsp3) is 0.0800. The summed E-state index contributed by atoms with van der Waals surface area (Å²) in [5.74, 6) is -0.921. The minimum Gasteiger partial charge on any atom is -0.490 e. The zero-order valence-corrected chi connectivity index (χ0v) is 19.1. The smallest absolute Gasteiger partial charge is 0.343 e. The van der Waals surface area contributed by atoms with Crippen LogP contribution < -0.4 is 14.4 Å². The number of amides is 1. The van der Waals surface area contributed by atoms with Crippen LogP contribution >= 0.6 is 24.0 Å². The molecule has 0 aromatic heterocycles. The third-order valence-electron chi connectivity index (χ3n) is 4.64. The molecule has 1 fully saturated rings. The molecule has 0 unspecified atom stereocenters. The fourth-order valence-corrected chi connectivity index (χ4v) is 4.46. The molecule has 0 radical (unpaired) electrons. The number of halogens is 1. The third kappa shape index (κ3) is 5.13. The highest BCUT2D eigenvalue weighted by Gasteiger charge is 2.33. The van der Waals surface area contributed by atoms with Crippen LogP contribution in [0.5, 0.6) is 11.5 Å². The van der Waals surface area contributed by atoms with Gasteiger partial charge in [-0.05, 0) is 61.0 Å². The van der Waals surface area contributed by atoms with Crippen LogP contribution in [-0.4, -0.2) is 22.8 Å². The van der Waals surface area contributed by atoms with E-state index in [1.54, 1.807) is 31.2 Å². The van der Waals surface area contributed by atoms with Gasteiger partial charge in [0.15, 0.2) is 15.8 Å². The molecule has 0 N–H and O–H groups in total. The number of nitrogens with zero attached hydrogens (tertiary/aromatic N) is 1. The van der Waals surface area contributed by atoms with Crippen molar-refractivity contribution < 1.29 is 23.5 Å². The number of esters is 1. The highest BCUT2D eigenvalue weighted by atomic mass is 32.2. The number of rotatable bonds is 6. The van der Waals surface area contributed by atoms with Crippen molar-refractivity contribution in [3.8, 4) is 11.5 Å². The molecule has 8 heteroatoms. The largest absolute Gasteiger partial charge is 0.490 e. The van der Waals surface area contributed by atoms with Crippen LogP contribution in [0.3, 0.4) is 0 Å². The number of ether oxygens (including phenoxy) is 2. The van der Waals surface area contributed by atoms with Crippen LogP contribution in [0, 0.1) is 5.82 Å². The lowest BCUT2D eigenvalue weighted by Gasteiger charge is -2.14. The van der Waals surface area contributed by atoms with Crippen molar-refractivity contribution in [3.63, 3.8) is 0 Å². The molecule has 0 aliphatic carbocycles. The highest BCUT2D eigenvalue weighted by Crippen LogP contribution is 2.37. The van der Waals surface area contributed by atoms with Crippen molar-refractivity contribution in [1.29, 1.82) is 0 Å². The molecule has 33 heavy (non-hydrogen) atoms. The van der Waals surface area contributed by atoms with Crippen LogP contribution in [0.25, 0.3) is 6.08 Å². The van der Waals surface area contributed by atoms with Crippen molar-refractivity contribution in [1.82, 2.24) is 0 Å². The number of thioether (sulfide) groups is 1. The van der Waals surface area contributed by atoms with Gasteiger partial charge in [0, 0.05) is 0 Å². The summed E-state index contributed by atoms with van der Waals surface area (Å²) < 4.78 is 24.9. The normalized spacial score (nSPS) is 14.6. The summed E-state index contributed by atoms with van der Waals surface area (Å²) in [6.07, 6.45) is 1.71. The first-order valence-electron chi connectivity index (χ1n) is 10.0. The van der Waals surface area contributed by atoms with Gasteiger partial charge in [-0.1, -0.05) is 54.3 Å². The Morgan fingerprint density at radius 2 is 1.85 bits per heavy atom. The van der Waals surface area contributed by atoms with Crippen molar-refractivity contribution in [2.24, 2.45) is 0 Å². The lowest BCUT2D eigenvalue weighted by Crippen LogP contribution is -2.27. The van der Waals surface area contributed by atoms with Crippen LogP contribution in [0.2, 0.25) is 0 Å². The maximum absolute atomic E-state index is 13.4. The SMILES string of the molecule is CCOc1cc(C=C2SC(=S)N(c3ccccc3)C2=O)ccc1OC(=O)c1cccc(F)c1. The Hall–Kier alpha value is -3.49. The summed E-state index contributed by atoms with van der Waals surface area (Å²) in [7, 11) is 0. The monoisotopic (exact) mass is 479 g/mol. The molecule has 5 nitrogen and oxygen atoms in total. The second kappa shape index (κ2) is 9.97. The van der Waals surface area contributed by atoms with Gasteiger partial charge in [-0.3, -0.25) is 9.69 Å². The van der Waals surface area contributed by atoms with Crippen molar-refractivity contribution in [3.05, 3.63) is 94.6 Å². The van der Waals surface area contributed by atoms with E-state index in [2.05, 4.69) is 0 Å². The van der Waals surface area contributed by atoms with Gasteiger partial charge in [-0.25, -0.2) is 9.18 Å². The topological polar surface area (TPSA) is 55.8 Å². The van der Waals surface area contributed by atoms with E-state index in [1.165, 1.54) is 34.9 Å². The first kappa shape index (κ1) is 22.7. The van der Waals surface area contributed by atoms with Crippen LogP contribution in [0.1, 0.15) is 22.8 Å². The molecule has 1 amide bonds. The van der Waals surface area contributed by atoms with Gasteiger partial charge in [0.2, 0.25) is 0 Å². The van der Waals surface area contributed by atoms with E-state index in [0.717, 1.165) is 6.07 Å². The van der Waals surface area contributed by atoms with Gasteiger partial charge in [0.25, 0.3) is 5.91 Å². The molecule has 3 aromatic carbocycles. The molecule has 0 spiro atoms. The van der Waals surface area contributed by atoms with Crippen molar-refractivity contribution in [2.75, 3.05) is 11.5 Å². The molecule has 4 rings (SSSR count). The quantitative estimate of drug-likeness (QED) is 0.191. The fourth-order valence-electron chi connectivity index (χ4n) is 3.16. The number of carbonyl (C=O) groups is 2. The second-order valence-electron chi connectivity index (χ2n) is 6.89. The van der Waals surface area contributed by atoms with E-state index >= 15 is 0 Å². The van der Waals surface area contributed by atoms with E-state index in [4.69, 9.17) is 21.7 Å². The number of hydrogen-bond donors (Lipinski definition) is 0.